The Bertz CT molecular complexity index is 332. The van der Waals surface area contributed by atoms with Gasteiger partial charge in [-0.1, -0.05) is 35.1 Å². The van der Waals surface area contributed by atoms with E-state index >= 15 is 0 Å². The lowest BCUT2D eigenvalue weighted by atomic mass is 10.4. The standard InChI is InChI=1S/C11H17NOSSi/c1-10(12-13-15(2,3)4)14-11-8-6-5-7-9-11/h5-9H,1-4H3/b12-10+. The lowest BCUT2D eigenvalue weighted by Crippen LogP contribution is -2.22. The van der Waals surface area contributed by atoms with Crippen LogP contribution in [0.15, 0.2) is 40.4 Å². The predicted molar refractivity (Wildman–Crippen MR) is 69.8 cm³/mol. The minimum atomic E-state index is -1.54. The van der Waals surface area contributed by atoms with Crippen LogP contribution in [0, 0.1) is 0 Å². The summed E-state index contributed by atoms with van der Waals surface area (Å²) in [5.41, 5.74) is 0. The fourth-order valence-corrected chi connectivity index (χ4v) is 2.06. The summed E-state index contributed by atoms with van der Waals surface area (Å²) in [5.74, 6) is 0. The number of hydrogen-bond acceptors (Lipinski definition) is 3. The number of benzene rings is 1. The van der Waals surface area contributed by atoms with Gasteiger partial charge < -0.3 is 4.53 Å². The van der Waals surface area contributed by atoms with E-state index in [0.717, 1.165) is 5.04 Å². The van der Waals surface area contributed by atoms with E-state index in [1.165, 1.54) is 4.90 Å². The molecular formula is C11H17NOSSi. The summed E-state index contributed by atoms with van der Waals surface area (Å²) < 4.78 is 5.47. The van der Waals surface area contributed by atoms with Crippen LogP contribution < -0.4 is 0 Å². The summed E-state index contributed by atoms with van der Waals surface area (Å²) in [7, 11) is -1.54. The highest BCUT2D eigenvalue weighted by molar-refractivity contribution is 8.13. The molecule has 0 saturated carbocycles. The molecule has 0 radical (unpaired) electrons. The molecule has 0 spiro atoms. The Morgan fingerprint density at radius 3 is 2.33 bits per heavy atom. The second-order valence-electron chi connectivity index (χ2n) is 4.23. The van der Waals surface area contributed by atoms with Crippen molar-refractivity contribution in [3.8, 4) is 0 Å². The fraction of sp³-hybridized carbons (Fsp3) is 0.364. The molecule has 1 rings (SSSR count). The third-order valence-electron chi connectivity index (χ3n) is 1.46. The van der Waals surface area contributed by atoms with Crippen molar-refractivity contribution in [2.75, 3.05) is 0 Å². The smallest absolute Gasteiger partial charge is 0.278 e. The Morgan fingerprint density at radius 2 is 1.80 bits per heavy atom. The van der Waals surface area contributed by atoms with Crippen molar-refractivity contribution in [3.05, 3.63) is 30.3 Å². The summed E-state index contributed by atoms with van der Waals surface area (Å²) in [5, 5.41) is 5.08. The molecule has 1 aromatic carbocycles. The molecule has 0 aliphatic heterocycles. The molecule has 0 bridgehead atoms. The molecule has 15 heavy (non-hydrogen) atoms. The summed E-state index contributed by atoms with van der Waals surface area (Å²) in [4.78, 5) is 1.19. The van der Waals surface area contributed by atoms with Gasteiger partial charge in [0.25, 0.3) is 8.32 Å². The van der Waals surface area contributed by atoms with Crippen molar-refractivity contribution in [1.29, 1.82) is 0 Å². The number of oxime groups is 1. The number of hydrogen-bond donors (Lipinski definition) is 0. The van der Waals surface area contributed by atoms with Gasteiger partial charge >= 0.3 is 0 Å². The number of rotatable bonds is 3. The van der Waals surface area contributed by atoms with Gasteiger partial charge in [0.05, 0.1) is 0 Å². The molecule has 1 aromatic rings. The molecule has 0 fully saturated rings. The third kappa shape index (κ3) is 5.64. The number of thioether (sulfide) groups is 1. The average Bonchev–Trinajstić information content (AvgIpc) is 2.15. The minimum Gasteiger partial charge on any atom is -0.455 e. The SMILES string of the molecule is C/C(=N\O[Si](C)(C)C)Sc1ccccc1. The Labute approximate surface area is 96.8 Å². The van der Waals surface area contributed by atoms with E-state index < -0.39 is 8.32 Å². The summed E-state index contributed by atoms with van der Waals surface area (Å²) in [6.07, 6.45) is 0. The molecule has 2 nitrogen and oxygen atoms in total. The van der Waals surface area contributed by atoms with Crippen molar-refractivity contribution < 1.29 is 4.53 Å². The largest absolute Gasteiger partial charge is 0.455 e. The quantitative estimate of drug-likeness (QED) is 0.262. The number of nitrogens with zero attached hydrogens (tertiary/aromatic N) is 1. The molecule has 0 aromatic heterocycles. The van der Waals surface area contributed by atoms with Crippen LogP contribution in [-0.4, -0.2) is 13.4 Å². The van der Waals surface area contributed by atoms with Gasteiger partial charge in [-0.3, -0.25) is 0 Å². The molecule has 0 saturated heterocycles. The van der Waals surface area contributed by atoms with Gasteiger partial charge in [-0.05, 0) is 38.7 Å². The van der Waals surface area contributed by atoms with E-state index in [1.54, 1.807) is 11.8 Å². The van der Waals surface area contributed by atoms with Crippen LogP contribution >= 0.6 is 11.8 Å². The summed E-state index contributed by atoms with van der Waals surface area (Å²) in [6, 6.07) is 10.2. The van der Waals surface area contributed by atoms with E-state index in [2.05, 4.69) is 36.9 Å². The van der Waals surface area contributed by atoms with Crippen LogP contribution in [-0.2, 0) is 4.53 Å². The zero-order chi connectivity index (χ0) is 11.3. The van der Waals surface area contributed by atoms with Crippen LogP contribution in [0.2, 0.25) is 19.6 Å². The monoisotopic (exact) mass is 239 g/mol. The molecule has 4 heteroatoms. The maximum absolute atomic E-state index is 5.47. The first-order valence-electron chi connectivity index (χ1n) is 4.93. The summed E-state index contributed by atoms with van der Waals surface area (Å²) in [6.45, 7) is 8.34. The Balaban J connectivity index is 2.53. The Kier molecular flexibility index (Phi) is 4.41. The van der Waals surface area contributed by atoms with Gasteiger partial charge in [0.1, 0.15) is 5.04 Å². The highest BCUT2D eigenvalue weighted by atomic mass is 32.2. The van der Waals surface area contributed by atoms with Gasteiger partial charge in [-0.2, -0.15) is 0 Å². The Morgan fingerprint density at radius 1 is 1.20 bits per heavy atom. The molecule has 0 atom stereocenters. The highest BCUT2D eigenvalue weighted by Gasteiger charge is 2.15. The van der Waals surface area contributed by atoms with Crippen molar-refractivity contribution in [2.45, 2.75) is 31.5 Å². The zero-order valence-electron chi connectivity index (χ0n) is 9.65. The second-order valence-corrected chi connectivity index (χ2v) is 9.90. The van der Waals surface area contributed by atoms with Gasteiger partial charge in [-0.15, -0.1) is 0 Å². The molecule has 0 unspecified atom stereocenters. The van der Waals surface area contributed by atoms with Crippen LogP contribution in [0.4, 0.5) is 0 Å². The van der Waals surface area contributed by atoms with Crippen molar-refractivity contribution >= 4 is 25.1 Å². The average molecular weight is 239 g/mol. The third-order valence-corrected chi connectivity index (χ3v) is 2.97. The van der Waals surface area contributed by atoms with Crippen molar-refractivity contribution in [2.24, 2.45) is 5.16 Å². The lowest BCUT2D eigenvalue weighted by Gasteiger charge is -2.13. The molecule has 0 aliphatic carbocycles. The van der Waals surface area contributed by atoms with E-state index in [9.17, 15) is 0 Å². The topological polar surface area (TPSA) is 21.6 Å². The maximum Gasteiger partial charge on any atom is 0.278 e. The van der Waals surface area contributed by atoms with Crippen LogP contribution in [0.5, 0.6) is 0 Å². The zero-order valence-corrected chi connectivity index (χ0v) is 11.5. The van der Waals surface area contributed by atoms with E-state index in [0.29, 0.717) is 0 Å². The molecule has 0 amide bonds. The van der Waals surface area contributed by atoms with Crippen LogP contribution in [0.25, 0.3) is 0 Å². The minimum absolute atomic E-state index is 0.948. The van der Waals surface area contributed by atoms with Crippen molar-refractivity contribution in [3.63, 3.8) is 0 Å². The van der Waals surface area contributed by atoms with Gasteiger partial charge in [0, 0.05) is 4.90 Å². The summed E-state index contributed by atoms with van der Waals surface area (Å²) >= 11 is 1.63. The van der Waals surface area contributed by atoms with Crippen molar-refractivity contribution in [1.82, 2.24) is 0 Å². The molecule has 82 valence electrons. The normalized spacial score (nSPS) is 12.7. The lowest BCUT2D eigenvalue weighted by molar-refractivity contribution is 0.336. The molecule has 0 heterocycles. The molecular weight excluding hydrogens is 222 g/mol. The first kappa shape index (κ1) is 12.3. The fourth-order valence-electron chi connectivity index (χ4n) is 0.879. The molecule has 0 N–H and O–H groups in total. The second kappa shape index (κ2) is 5.37. The van der Waals surface area contributed by atoms with Gasteiger partial charge in [0.2, 0.25) is 0 Å². The predicted octanol–water partition coefficient (Wildman–Crippen LogP) is 3.96. The van der Waals surface area contributed by atoms with Crippen LogP contribution in [0.3, 0.4) is 0 Å². The maximum atomic E-state index is 5.47. The molecule has 0 aliphatic rings. The van der Waals surface area contributed by atoms with E-state index in [4.69, 9.17) is 4.53 Å². The first-order valence-corrected chi connectivity index (χ1v) is 9.15. The van der Waals surface area contributed by atoms with Gasteiger partial charge in [0.15, 0.2) is 0 Å². The Hall–Kier alpha value is -0.743. The first-order chi connectivity index (χ1) is 6.97. The van der Waals surface area contributed by atoms with E-state index in [1.807, 2.05) is 25.1 Å². The van der Waals surface area contributed by atoms with E-state index in [-0.39, 0.29) is 0 Å². The highest BCUT2D eigenvalue weighted by Crippen LogP contribution is 2.19. The van der Waals surface area contributed by atoms with Gasteiger partial charge in [-0.25, -0.2) is 0 Å². The van der Waals surface area contributed by atoms with Crippen LogP contribution in [0.1, 0.15) is 6.92 Å².